The Morgan fingerprint density at radius 1 is 1.00 bits per heavy atom. The predicted molar refractivity (Wildman–Crippen MR) is 129 cm³/mol. The van der Waals surface area contributed by atoms with Crippen LogP contribution in [-0.4, -0.2) is 53.6 Å². The third-order valence-electron chi connectivity index (χ3n) is 6.87. The van der Waals surface area contributed by atoms with E-state index >= 15 is 0 Å². The topological polar surface area (TPSA) is 67.8 Å². The van der Waals surface area contributed by atoms with Crippen molar-refractivity contribution in [2.45, 2.75) is 25.3 Å². The second-order valence-electron chi connectivity index (χ2n) is 9.03. The lowest BCUT2D eigenvalue weighted by Gasteiger charge is -2.35. The van der Waals surface area contributed by atoms with Gasteiger partial charge < -0.3 is 14.4 Å². The number of aromatic nitrogens is 2. The Balaban J connectivity index is 1.13. The van der Waals surface area contributed by atoms with Gasteiger partial charge in [0.05, 0.1) is 11.3 Å². The molecule has 1 aliphatic carbocycles. The molecule has 0 spiro atoms. The van der Waals surface area contributed by atoms with E-state index < -0.39 is 0 Å². The molecule has 6 rings (SSSR count). The van der Waals surface area contributed by atoms with Gasteiger partial charge >= 0.3 is 0 Å². The molecule has 34 heavy (non-hydrogen) atoms. The normalized spacial score (nSPS) is 19.9. The molecule has 8 heteroatoms. The van der Waals surface area contributed by atoms with Gasteiger partial charge in [0.2, 0.25) is 12.7 Å². The maximum atomic E-state index is 12.8. The first-order chi connectivity index (χ1) is 16.6. The summed E-state index contributed by atoms with van der Waals surface area (Å²) in [7, 11) is 0. The van der Waals surface area contributed by atoms with Gasteiger partial charge in [-0.25, -0.2) is 9.97 Å². The number of rotatable bonds is 4. The molecule has 0 N–H and O–H groups in total. The fourth-order valence-corrected chi connectivity index (χ4v) is 5.31. The van der Waals surface area contributed by atoms with Gasteiger partial charge in [-0.3, -0.25) is 9.69 Å². The highest BCUT2D eigenvalue weighted by atomic mass is 35.5. The Morgan fingerprint density at radius 3 is 2.68 bits per heavy atom. The number of fused-ring (bicyclic) bond motifs is 2. The Hall–Kier alpha value is -3.16. The second kappa shape index (κ2) is 8.89. The van der Waals surface area contributed by atoms with Crippen molar-refractivity contribution in [3.8, 4) is 11.5 Å². The van der Waals surface area contributed by atoms with E-state index in [9.17, 15) is 4.79 Å². The number of ether oxygens (including phenoxy) is 2. The fourth-order valence-electron chi connectivity index (χ4n) is 5.02. The van der Waals surface area contributed by atoms with Crippen LogP contribution in [0.4, 0.5) is 5.95 Å². The molecular weight excluding hydrogens is 452 g/mol. The Labute approximate surface area is 203 Å². The van der Waals surface area contributed by atoms with Crippen molar-refractivity contribution in [1.29, 1.82) is 0 Å². The minimum absolute atomic E-state index is 0.0509. The summed E-state index contributed by atoms with van der Waals surface area (Å²) in [6.07, 6.45) is 2.85. The molecule has 1 saturated heterocycles. The van der Waals surface area contributed by atoms with E-state index in [1.54, 1.807) is 6.20 Å². The van der Waals surface area contributed by atoms with Crippen molar-refractivity contribution in [2.24, 2.45) is 0 Å². The number of hydrogen-bond donors (Lipinski definition) is 0. The molecule has 0 bridgehead atoms. The lowest BCUT2D eigenvalue weighted by atomic mass is 9.82. The molecule has 3 aliphatic rings. The maximum Gasteiger partial charge on any atom is 0.231 e. The van der Waals surface area contributed by atoms with Gasteiger partial charge in [0.15, 0.2) is 17.3 Å². The van der Waals surface area contributed by atoms with Gasteiger partial charge in [-0.05, 0) is 41.7 Å². The lowest BCUT2D eigenvalue weighted by molar-refractivity contribution is 0.0962. The minimum atomic E-state index is 0.0509. The van der Waals surface area contributed by atoms with Crippen molar-refractivity contribution in [2.75, 3.05) is 37.9 Å². The molecule has 0 radical (unpaired) electrons. The van der Waals surface area contributed by atoms with Crippen LogP contribution in [0.25, 0.3) is 0 Å². The van der Waals surface area contributed by atoms with Crippen LogP contribution in [0.3, 0.4) is 0 Å². The average Bonchev–Trinajstić information content (AvgIpc) is 3.32. The summed E-state index contributed by atoms with van der Waals surface area (Å²) >= 11 is 6.41. The number of hydrogen-bond acceptors (Lipinski definition) is 7. The zero-order chi connectivity index (χ0) is 23.1. The number of nitrogens with zero attached hydrogens (tertiary/aromatic N) is 4. The summed E-state index contributed by atoms with van der Waals surface area (Å²) in [4.78, 5) is 26.8. The van der Waals surface area contributed by atoms with E-state index in [-0.39, 0.29) is 11.7 Å². The molecule has 7 nitrogen and oxygen atoms in total. The highest BCUT2D eigenvalue weighted by Gasteiger charge is 2.30. The summed E-state index contributed by atoms with van der Waals surface area (Å²) in [6.45, 7) is 4.66. The highest BCUT2D eigenvalue weighted by Crippen LogP contribution is 2.36. The second-order valence-corrected chi connectivity index (χ2v) is 9.44. The van der Waals surface area contributed by atoms with Crippen LogP contribution in [0, 0.1) is 0 Å². The number of anilines is 1. The van der Waals surface area contributed by atoms with E-state index in [0.717, 1.165) is 55.5 Å². The highest BCUT2D eigenvalue weighted by molar-refractivity contribution is 6.31. The third-order valence-corrected chi connectivity index (χ3v) is 7.21. The first-order valence-corrected chi connectivity index (χ1v) is 12.0. The van der Waals surface area contributed by atoms with Gasteiger partial charge in [0.25, 0.3) is 0 Å². The molecule has 1 fully saturated rings. The molecule has 0 amide bonds. The first-order valence-electron chi connectivity index (χ1n) is 11.6. The average molecular weight is 477 g/mol. The third kappa shape index (κ3) is 4.10. The molecule has 1 unspecified atom stereocenters. The minimum Gasteiger partial charge on any atom is -0.454 e. The van der Waals surface area contributed by atoms with Crippen molar-refractivity contribution in [3.05, 3.63) is 76.1 Å². The smallest absolute Gasteiger partial charge is 0.231 e. The number of piperazine rings is 1. The van der Waals surface area contributed by atoms with Crippen LogP contribution >= 0.6 is 11.6 Å². The quantitative estimate of drug-likeness (QED) is 0.561. The summed E-state index contributed by atoms with van der Waals surface area (Å²) in [6, 6.07) is 13.9. The van der Waals surface area contributed by atoms with Crippen LogP contribution in [0.2, 0.25) is 5.02 Å². The van der Waals surface area contributed by atoms with Gasteiger partial charge in [-0.1, -0.05) is 35.9 Å². The van der Waals surface area contributed by atoms with E-state index in [0.29, 0.717) is 36.2 Å². The number of ketones is 1. The summed E-state index contributed by atoms with van der Waals surface area (Å²) in [5.41, 5.74) is 3.70. The molecule has 2 aromatic carbocycles. The van der Waals surface area contributed by atoms with Crippen LogP contribution in [0.1, 0.15) is 39.5 Å². The van der Waals surface area contributed by atoms with Crippen LogP contribution < -0.4 is 14.4 Å². The standard InChI is InChI=1S/C26H25ClN4O3/c27-21-4-2-1-3-19(21)18-12-22-20(23(32)13-18)14-28-26(29-22)31-9-7-30(8-10-31)15-17-5-6-24-25(11-17)34-16-33-24/h1-6,11,14,18H,7-10,12-13,15-16H2. The lowest BCUT2D eigenvalue weighted by Crippen LogP contribution is -2.46. The SMILES string of the molecule is O=C1CC(c2ccccc2Cl)Cc2nc(N3CCN(Cc4ccc5c(c4)OCO5)CC3)ncc21. The van der Waals surface area contributed by atoms with Gasteiger partial charge in [-0.15, -0.1) is 0 Å². The molecule has 1 atom stereocenters. The Bertz CT molecular complexity index is 1240. The van der Waals surface area contributed by atoms with Crippen LogP contribution in [0.5, 0.6) is 11.5 Å². The molecule has 174 valence electrons. The zero-order valence-electron chi connectivity index (χ0n) is 18.7. The number of carbonyl (C=O) groups is 1. The van der Waals surface area contributed by atoms with Crippen molar-refractivity contribution < 1.29 is 14.3 Å². The summed E-state index contributed by atoms with van der Waals surface area (Å²) < 4.78 is 10.9. The monoisotopic (exact) mass is 476 g/mol. The predicted octanol–water partition coefficient (Wildman–Crippen LogP) is 4.09. The van der Waals surface area contributed by atoms with Gasteiger partial charge in [0.1, 0.15) is 0 Å². The van der Waals surface area contributed by atoms with Crippen molar-refractivity contribution in [1.82, 2.24) is 14.9 Å². The van der Waals surface area contributed by atoms with Gasteiger partial charge in [-0.2, -0.15) is 0 Å². The number of Topliss-reactive ketones (excluding diaryl/α,β-unsaturated/α-hetero) is 1. The Morgan fingerprint density at radius 2 is 1.82 bits per heavy atom. The number of benzene rings is 2. The molecule has 3 heterocycles. The van der Waals surface area contributed by atoms with E-state index in [1.165, 1.54) is 5.56 Å². The summed E-state index contributed by atoms with van der Waals surface area (Å²) in [5.74, 6) is 2.48. The van der Waals surface area contributed by atoms with Crippen molar-refractivity contribution in [3.63, 3.8) is 0 Å². The fraction of sp³-hybridized carbons (Fsp3) is 0.346. The maximum absolute atomic E-state index is 12.8. The number of carbonyl (C=O) groups excluding carboxylic acids is 1. The van der Waals surface area contributed by atoms with E-state index in [2.05, 4.69) is 26.9 Å². The number of halogens is 1. The first kappa shape index (κ1) is 21.4. The van der Waals surface area contributed by atoms with E-state index in [4.69, 9.17) is 26.1 Å². The molecule has 0 saturated carbocycles. The van der Waals surface area contributed by atoms with Gasteiger partial charge in [0, 0.05) is 50.4 Å². The van der Waals surface area contributed by atoms with E-state index in [1.807, 2.05) is 30.3 Å². The van der Waals surface area contributed by atoms with Crippen molar-refractivity contribution >= 4 is 23.3 Å². The zero-order valence-corrected chi connectivity index (χ0v) is 19.5. The molecule has 2 aliphatic heterocycles. The Kier molecular flexibility index (Phi) is 5.59. The molecule has 3 aromatic rings. The summed E-state index contributed by atoms with van der Waals surface area (Å²) in [5, 5.41) is 0.705. The largest absolute Gasteiger partial charge is 0.454 e. The van der Waals surface area contributed by atoms with Crippen LogP contribution in [0.15, 0.2) is 48.7 Å². The molecular formula is C26H25ClN4O3. The molecule has 1 aromatic heterocycles. The van der Waals surface area contributed by atoms with Crippen LogP contribution in [-0.2, 0) is 13.0 Å².